The molecule has 2 rings (SSSR count). The lowest BCUT2D eigenvalue weighted by atomic mass is 10.1. The number of rotatable bonds is 4. The van der Waals surface area contributed by atoms with Crippen molar-refractivity contribution in [1.82, 2.24) is 5.32 Å². The van der Waals surface area contributed by atoms with Gasteiger partial charge in [0.15, 0.2) is 16.7 Å². The van der Waals surface area contributed by atoms with Gasteiger partial charge < -0.3 is 19.5 Å². The van der Waals surface area contributed by atoms with Crippen molar-refractivity contribution in [3.8, 4) is 17.2 Å². The number of ether oxygens (including phenoxy) is 3. The van der Waals surface area contributed by atoms with E-state index in [0.29, 0.717) is 10.5 Å². The predicted molar refractivity (Wildman–Crippen MR) is 92.7 cm³/mol. The van der Waals surface area contributed by atoms with E-state index in [1.807, 2.05) is 0 Å². The highest BCUT2D eigenvalue weighted by Crippen LogP contribution is 2.40. The second-order valence-corrected chi connectivity index (χ2v) is 5.89. The molecule has 1 aliphatic heterocycles. The Kier molecular flexibility index (Phi) is 5.81. The molecule has 1 heterocycles. The van der Waals surface area contributed by atoms with Crippen molar-refractivity contribution < 1.29 is 28.6 Å². The highest BCUT2D eigenvalue weighted by atomic mass is 32.2. The number of methoxy groups -OCH3 is 2. The summed E-state index contributed by atoms with van der Waals surface area (Å²) in [4.78, 5) is 38.3. The molecule has 0 radical (unpaired) electrons. The molecule has 0 aliphatic carbocycles. The van der Waals surface area contributed by atoms with Crippen LogP contribution in [0.2, 0.25) is 0 Å². The van der Waals surface area contributed by atoms with Gasteiger partial charge in [-0.1, -0.05) is 0 Å². The molecule has 1 N–H and O–H groups in total. The van der Waals surface area contributed by atoms with Crippen LogP contribution in [0.15, 0.2) is 22.0 Å². The molecule has 0 saturated carbocycles. The molecule has 1 aromatic carbocycles. The van der Waals surface area contributed by atoms with Crippen molar-refractivity contribution in [3.63, 3.8) is 0 Å². The van der Waals surface area contributed by atoms with Crippen LogP contribution < -0.4 is 19.5 Å². The number of aliphatic imine (C=N–C) groups is 1. The van der Waals surface area contributed by atoms with E-state index in [9.17, 15) is 14.4 Å². The third-order valence-electron chi connectivity index (χ3n) is 2.93. The van der Waals surface area contributed by atoms with Gasteiger partial charge in [0.25, 0.3) is 5.91 Å². The summed E-state index contributed by atoms with van der Waals surface area (Å²) in [5.74, 6) is -0.581. The van der Waals surface area contributed by atoms with Crippen molar-refractivity contribution in [2.45, 2.75) is 13.8 Å². The van der Waals surface area contributed by atoms with Crippen LogP contribution in [0, 0.1) is 0 Å². The Labute approximate surface area is 148 Å². The third kappa shape index (κ3) is 4.60. The lowest BCUT2D eigenvalue weighted by Gasteiger charge is -2.13. The standard InChI is InChI=1S/C16H16N2O6S/c1-8(19)17-16-18-15(21)13(25-16)7-10-5-11(22-3)14(24-9(2)20)12(6-10)23-4/h5-7H,1-4H3,(H,17,18,19,21)/b13-7+. The van der Waals surface area contributed by atoms with E-state index in [-0.39, 0.29) is 28.3 Å². The molecule has 9 heteroatoms. The molecule has 0 bridgehead atoms. The molecular formula is C16H16N2O6S. The molecule has 0 spiro atoms. The maximum Gasteiger partial charge on any atom is 0.308 e. The van der Waals surface area contributed by atoms with Gasteiger partial charge in [-0.05, 0) is 35.5 Å². The zero-order valence-corrected chi connectivity index (χ0v) is 14.9. The molecule has 1 aromatic rings. The number of esters is 1. The minimum atomic E-state index is -0.516. The molecule has 0 aromatic heterocycles. The maximum absolute atomic E-state index is 11.9. The summed E-state index contributed by atoms with van der Waals surface area (Å²) in [6, 6.07) is 3.19. The summed E-state index contributed by atoms with van der Waals surface area (Å²) >= 11 is 1.05. The average molecular weight is 364 g/mol. The quantitative estimate of drug-likeness (QED) is 0.493. The number of carbonyl (C=O) groups excluding carboxylic acids is 3. The Morgan fingerprint density at radius 3 is 2.24 bits per heavy atom. The molecule has 0 atom stereocenters. The van der Waals surface area contributed by atoms with Gasteiger partial charge >= 0.3 is 5.97 Å². The monoisotopic (exact) mass is 364 g/mol. The predicted octanol–water partition coefficient (Wildman–Crippen LogP) is 1.74. The maximum atomic E-state index is 11.9. The van der Waals surface area contributed by atoms with Crippen molar-refractivity contribution in [1.29, 1.82) is 0 Å². The summed E-state index contributed by atoms with van der Waals surface area (Å²) in [5, 5.41) is 2.69. The van der Waals surface area contributed by atoms with E-state index in [4.69, 9.17) is 14.2 Å². The highest BCUT2D eigenvalue weighted by molar-refractivity contribution is 8.18. The Hall–Kier alpha value is -2.81. The molecule has 0 fully saturated rings. The van der Waals surface area contributed by atoms with Crippen molar-refractivity contribution in [2.75, 3.05) is 14.2 Å². The van der Waals surface area contributed by atoms with E-state index < -0.39 is 11.9 Å². The fourth-order valence-electron chi connectivity index (χ4n) is 1.99. The average Bonchev–Trinajstić information content (AvgIpc) is 2.86. The van der Waals surface area contributed by atoms with E-state index in [1.165, 1.54) is 28.1 Å². The number of thioether (sulfide) groups is 1. The van der Waals surface area contributed by atoms with Crippen LogP contribution >= 0.6 is 11.8 Å². The van der Waals surface area contributed by atoms with Crippen LogP contribution in [0.4, 0.5) is 0 Å². The number of hydrogen-bond donors (Lipinski definition) is 1. The van der Waals surface area contributed by atoms with E-state index >= 15 is 0 Å². The fraction of sp³-hybridized carbons (Fsp3) is 0.250. The molecule has 0 unspecified atom stereocenters. The molecule has 25 heavy (non-hydrogen) atoms. The van der Waals surface area contributed by atoms with Gasteiger partial charge in [-0.15, -0.1) is 0 Å². The number of nitrogens with zero attached hydrogens (tertiary/aromatic N) is 1. The van der Waals surface area contributed by atoms with Gasteiger partial charge in [-0.25, -0.2) is 0 Å². The highest BCUT2D eigenvalue weighted by Gasteiger charge is 2.23. The molecule has 8 nitrogen and oxygen atoms in total. The lowest BCUT2D eigenvalue weighted by Crippen LogP contribution is -2.23. The van der Waals surface area contributed by atoms with Gasteiger partial charge in [-0.2, -0.15) is 4.99 Å². The van der Waals surface area contributed by atoms with E-state index in [1.54, 1.807) is 18.2 Å². The first kappa shape index (κ1) is 18.5. The molecular weight excluding hydrogens is 348 g/mol. The van der Waals surface area contributed by atoms with Gasteiger partial charge in [-0.3, -0.25) is 14.4 Å². The summed E-state index contributed by atoms with van der Waals surface area (Å²) in [5.41, 5.74) is 0.583. The van der Waals surface area contributed by atoms with Crippen LogP contribution in [0.1, 0.15) is 19.4 Å². The Bertz CT molecular complexity index is 775. The number of hydrogen-bond acceptors (Lipinski definition) is 7. The first-order chi connectivity index (χ1) is 11.8. The molecule has 132 valence electrons. The summed E-state index contributed by atoms with van der Waals surface area (Å²) in [6.45, 7) is 2.60. The second kappa shape index (κ2) is 7.84. The van der Waals surface area contributed by atoms with Gasteiger partial charge in [0.05, 0.1) is 19.1 Å². The van der Waals surface area contributed by atoms with Crippen LogP contribution in [-0.2, 0) is 14.4 Å². The zero-order chi connectivity index (χ0) is 18.6. The van der Waals surface area contributed by atoms with Crippen molar-refractivity contribution in [3.05, 3.63) is 22.6 Å². The number of nitrogens with one attached hydrogen (secondary N) is 1. The minimum Gasteiger partial charge on any atom is -0.493 e. The number of amidine groups is 1. The second-order valence-electron chi connectivity index (χ2n) is 4.86. The third-order valence-corrected chi connectivity index (χ3v) is 3.83. The van der Waals surface area contributed by atoms with Gasteiger partial charge in [0.2, 0.25) is 11.7 Å². The first-order valence-corrected chi connectivity index (χ1v) is 7.90. The van der Waals surface area contributed by atoms with Gasteiger partial charge in [0, 0.05) is 13.8 Å². The summed E-state index contributed by atoms with van der Waals surface area (Å²) < 4.78 is 15.6. The number of amides is 2. The Morgan fingerprint density at radius 2 is 1.76 bits per heavy atom. The fourth-order valence-corrected chi connectivity index (χ4v) is 2.85. The van der Waals surface area contributed by atoms with Crippen LogP contribution in [0.25, 0.3) is 6.08 Å². The molecule has 2 amide bonds. The van der Waals surface area contributed by atoms with E-state index in [0.717, 1.165) is 11.8 Å². The summed E-state index contributed by atoms with van der Waals surface area (Å²) in [6.07, 6.45) is 1.58. The number of carbonyl (C=O) groups is 3. The zero-order valence-electron chi connectivity index (χ0n) is 14.0. The Balaban J connectivity index is 2.36. The van der Waals surface area contributed by atoms with E-state index in [2.05, 4.69) is 10.3 Å². The summed E-state index contributed by atoms with van der Waals surface area (Å²) in [7, 11) is 2.85. The normalized spacial score (nSPS) is 15.0. The first-order valence-electron chi connectivity index (χ1n) is 7.08. The topological polar surface area (TPSA) is 103 Å². The molecule has 0 saturated heterocycles. The van der Waals surface area contributed by atoms with Crippen LogP contribution in [0.3, 0.4) is 0 Å². The smallest absolute Gasteiger partial charge is 0.308 e. The number of benzene rings is 1. The molecule has 1 aliphatic rings. The largest absolute Gasteiger partial charge is 0.493 e. The Morgan fingerprint density at radius 1 is 1.16 bits per heavy atom. The van der Waals surface area contributed by atoms with Crippen molar-refractivity contribution >= 4 is 40.8 Å². The van der Waals surface area contributed by atoms with Crippen LogP contribution in [0.5, 0.6) is 17.2 Å². The lowest BCUT2D eigenvalue weighted by molar-refractivity contribution is -0.132. The minimum absolute atomic E-state index is 0.153. The van der Waals surface area contributed by atoms with Crippen molar-refractivity contribution in [2.24, 2.45) is 4.99 Å². The van der Waals surface area contributed by atoms with Crippen LogP contribution in [-0.4, -0.2) is 37.2 Å². The van der Waals surface area contributed by atoms with Gasteiger partial charge in [0.1, 0.15) is 0 Å². The SMILES string of the molecule is COc1cc(/C=C2/SC(NC(C)=O)=NC2=O)cc(OC)c1OC(C)=O.